The molecule has 5 aliphatic rings. The van der Waals surface area contributed by atoms with Crippen molar-refractivity contribution >= 4 is 17.4 Å². The lowest BCUT2D eigenvalue weighted by Crippen LogP contribution is -2.57. The van der Waals surface area contributed by atoms with Gasteiger partial charge in [0.25, 0.3) is 11.7 Å². The Morgan fingerprint density at radius 2 is 1.56 bits per heavy atom. The van der Waals surface area contributed by atoms with Gasteiger partial charge in [0, 0.05) is 37.1 Å². The fourth-order valence-electron chi connectivity index (χ4n) is 7.85. The van der Waals surface area contributed by atoms with Gasteiger partial charge in [0.05, 0.1) is 29.1 Å². The van der Waals surface area contributed by atoms with E-state index in [9.17, 15) is 14.7 Å². The molecule has 4 saturated carbocycles. The van der Waals surface area contributed by atoms with Gasteiger partial charge in [0.2, 0.25) is 0 Å². The molecule has 8 nitrogen and oxygen atoms in total. The Morgan fingerprint density at radius 1 is 0.941 bits per heavy atom. The summed E-state index contributed by atoms with van der Waals surface area (Å²) in [5, 5.41) is 20.4. The second-order valence-electron chi connectivity index (χ2n) is 11.1. The highest BCUT2D eigenvalue weighted by molar-refractivity contribution is 6.46. The molecule has 4 aliphatic carbocycles. The fourth-order valence-corrected chi connectivity index (χ4v) is 7.85. The second kappa shape index (κ2) is 7.30. The van der Waals surface area contributed by atoms with Gasteiger partial charge in [-0.05, 0) is 76.5 Å². The number of aliphatic hydroxyl groups is 1. The van der Waals surface area contributed by atoms with E-state index >= 15 is 0 Å². The zero-order valence-electron chi connectivity index (χ0n) is 20.6. The van der Waals surface area contributed by atoms with Gasteiger partial charge in [-0.1, -0.05) is 0 Å². The summed E-state index contributed by atoms with van der Waals surface area (Å²) in [4.78, 5) is 29.2. The van der Waals surface area contributed by atoms with Crippen molar-refractivity contribution < 1.29 is 14.7 Å². The average molecular weight is 464 g/mol. The lowest BCUT2D eigenvalue weighted by Gasteiger charge is -2.57. The maximum absolute atomic E-state index is 13.7. The number of carbonyl (C=O) groups is 2. The zero-order valence-corrected chi connectivity index (χ0v) is 20.6. The molecule has 180 valence electrons. The highest BCUT2D eigenvalue weighted by Gasteiger charge is 2.57. The topological polar surface area (TPSA) is 93.2 Å². The van der Waals surface area contributed by atoms with Gasteiger partial charge >= 0.3 is 0 Å². The maximum Gasteiger partial charge on any atom is 0.295 e. The van der Waals surface area contributed by atoms with Crippen LogP contribution < -0.4 is 0 Å². The summed E-state index contributed by atoms with van der Waals surface area (Å²) in [5.74, 6) is 1.17. The van der Waals surface area contributed by atoms with E-state index in [2.05, 4.69) is 10.2 Å². The summed E-state index contributed by atoms with van der Waals surface area (Å²) in [6.45, 7) is 5.65. The third-order valence-electron chi connectivity index (χ3n) is 9.29. The molecule has 0 spiro atoms. The first-order valence-electron chi connectivity index (χ1n) is 12.5. The molecular formula is C26H33N5O3. The van der Waals surface area contributed by atoms with Gasteiger partial charge < -0.3 is 10.0 Å². The van der Waals surface area contributed by atoms with Crippen LogP contribution in [0.2, 0.25) is 0 Å². The minimum absolute atomic E-state index is 0.0373. The Morgan fingerprint density at radius 3 is 2.06 bits per heavy atom. The molecule has 1 atom stereocenters. The molecule has 7 rings (SSSR count). The Balaban J connectivity index is 1.55. The summed E-state index contributed by atoms with van der Waals surface area (Å²) in [5.41, 5.74) is 3.83. The van der Waals surface area contributed by atoms with Gasteiger partial charge in [-0.2, -0.15) is 10.2 Å². The number of Topliss-reactive ketones (excluding diaryl/α,β-unsaturated/α-hetero) is 1. The average Bonchev–Trinajstić information content (AvgIpc) is 3.33. The van der Waals surface area contributed by atoms with E-state index in [1.807, 2.05) is 39.8 Å². The third-order valence-corrected chi connectivity index (χ3v) is 9.29. The van der Waals surface area contributed by atoms with Crippen molar-refractivity contribution in [1.29, 1.82) is 0 Å². The molecule has 0 radical (unpaired) electrons. The van der Waals surface area contributed by atoms with Gasteiger partial charge in [-0.25, -0.2) is 0 Å². The van der Waals surface area contributed by atoms with E-state index in [4.69, 9.17) is 0 Å². The minimum Gasteiger partial charge on any atom is -0.507 e. The van der Waals surface area contributed by atoms with Crippen LogP contribution in [0.3, 0.4) is 0 Å². The lowest BCUT2D eigenvalue weighted by molar-refractivity contribution is -0.148. The van der Waals surface area contributed by atoms with Gasteiger partial charge in [0.1, 0.15) is 5.76 Å². The van der Waals surface area contributed by atoms with Crippen LogP contribution in [0.25, 0.3) is 5.76 Å². The van der Waals surface area contributed by atoms with Crippen molar-refractivity contribution in [2.24, 2.45) is 37.8 Å². The summed E-state index contributed by atoms with van der Waals surface area (Å²) >= 11 is 0. The molecule has 5 fully saturated rings. The van der Waals surface area contributed by atoms with Crippen molar-refractivity contribution in [3.63, 3.8) is 0 Å². The first kappa shape index (κ1) is 21.6. The molecule has 0 aromatic carbocycles. The molecule has 4 bridgehead atoms. The van der Waals surface area contributed by atoms with Gasteiger partial charge in [-0.3, -0.25) is 19.0 Å². The van der Waals surface area contributed by atoms with Crippen LogP contribution in [0.1, 0.15) is 66.4 Å². The number of rotatable bonds is 3. The predicted octanol–water partition coefficient (Wildman–Crippen LogP) is 3.33. The molecule has 2 aromatic heterocycles. The van der Waals surface area contributed by atoms with Crippen LogP contribution in [-0.2, 0) is 23.7 Å². The largest absolute Gasteiger partial charge is 0.507 e. The molecule has 1 aliphatic heterocycles. The van der Waals surface area contributed by atoms with E-state index in [-0.39, 0.29) is 17.4 Å². The first-order valence-corrected chi connectivity index (χ1v) is 12.5. The fraction of sp³-hybridized carbons (Fsp3) is 0.615. The van der Waals surface area contributed by atoms with Crippen molar-refractivity contribution in [1.82, 2.24) is 24.5 Å². The number of carbonyl (C=O) groups excluding carboxylic acids is 2. The number of aliphatic hydroxyl groups excluding tert-OH is 1. The number of nitrogens with zero attached hydrogens (tertiary/aromatic N) is 5. The molecule has 1 amide bonds. The molecule has 0 unspecified atom stereocenters. The predicted molar refractivity (Wildman–Crippen MR) is 126 cm³/mol. The lowest BCUT2D eigenvalue weighted by atomic mass is 9.53. The summed E-state index contributed by atoms with van der Waals surface area (Å²) in [7, 11) is 3.68. The highest BCUT2D eigenvalue weighted by atomic mass is 16.3. The van der Waals surface area contributed by atoms with Crippen molar-refractivity contribution in [2.75, 3.05) is 0 Å². The molecule has 1 N–H and O–H groups in total. The number of aromatic nitrogens is 4. The Labute approximate surface area is 199 Å². The summed E-state index contributed by atoms with van der Waals surface area (Å²) in [6, 6.07) is -0.592. The van der Waals surface area contributed by atoms with Crippen LogP contribution in [0.5, 0.6) is 0 Å². The Hall–Kier alpha value is -2.90. The van der Waals surface area contributed by atoms with Crippen LogP contribution in [-0.4, -0.2) is 47.3 Å². The first-order chi connectivity index (χ1) is 16.2. The summed E-state index contributed by atoms with van der Waals surface area (Å²) in [6.07, 6.45) is 7.63. The monoisotopic (exact) mass is 463 g/mol. The normalized spacial score (nSPS) is 34.0. The van der Waals surface area contributed by atoms with Crippen LogP contribution in [0, 0.1) is 44.4 Å². The van der Waals surface area contributed by atoms with Crippen LogP contribution in [0.15, 0.2) is 11.8 Å². The van der Waals surface area contributed by atoms with Gasteiger partial charge in [-0.15, -0.1) is 0 Å². The van der Waals surface area contributed by atoms with E-state index in [1.165, 1.54) is 6.42 Å². The number of ketones is 1. The van der Waals surface area contributed by atoms with E-state index < -0.39 is 17.7 Å². The van der Waals surface area contributed by atoms with E-state index in [0.717, 1.165) is 54.5 Å². The SMILES string of the molecule is Cc1nn(C)c(C)c1C(O)=C1C(=O)C(=O)N(C2C3CC4CC(C3)CC2C4)[C@@H]1c1cnn(C)c1C. The number of hydrogen-bond donors (Lipinski definition) is 1. The number of amides is 1. The molecule has 3 heterocycles. The van der Waals surface area contributed by atoms with E-state index in [0.29, 0.717) is 23.1 Å². The molecule has 8 heteroatoms. The maximum atomic E-state index is 13.7. The van der Waals surface area contributed by atoms with Crippen molar-refractivity contribution in [3.05, 3.63) is 40.0 Å². The summed E-state index contributed by atoms with van der Waals surface area (Å²) < 4.78 is 3.47. The van der Waals surface area contributed by atoms with Crippen LogP contribution >= 0.6 is 0 Å². The van der Waals surface area contributed by atoms with E-state index in [1.54, 1.807) is 15.6 Å². The molecular weight excluding hydrogens is 430 g/mol. The highest BCUT2D eigenvalue weighted by Crippen LogP contribution is 2.57. The molecule has 2 aromatic rings. The van der Waals surface area contributed by atoms with Crippen molar-refractivity contribution in [2.45, 2.75) is 65.0 Å². The second-order valence-corrected chi connectivity index (χ2v) is 11.1. The molecule has 1 saturated heterocycles. The Kier molecular flexibility index (Phi) is 4.64. The number of likely N-dealkylation sites (tertiary alicyclic amines) is 1. The van der Waals surface area contributed by atoms with Crippen LogP contribution in [0.4, 0.5) is 0 Å². The van der Waals surface area contributed by atoms with Crippen molar-refractivity contribution in [3.8, 4) is 0 Å². The zero-order chi connectivity index (χ0) is 24.0. The van der Waals surface area contributed by atoms with Gasteiger partial charge in [0.15, 0.2) is 0 Å². The number of hydrogen-bond acceptors (Lipinski definition) is 5. The third kappa shape index (κ3) is 2.83. The quantitative estimate of drug-likeness (QED) is 0.428. The number of aryl methyl sites for hydroxylation is 3. The smallest absolute Gasteiger partial charge is 0.295 e. The Bertz CT molecular complexity index is 1220. The molecule has 34 heavy (non-hydrogen) atoms. The standard InChI is InChI=1S/C26H33N5O3/c1-12-20(14(3)30(5)28-12)24(32)21-23(19-11-27-29(4)13(19)2)31(26(34)25(21)33)22-17-7-15-6-16(9-17)10-18(22)8-15/h11,15-18,22-23,32H,6-10H2,1-5H3/t15?,16?,17?,18?,22?,23-/m1/s1. The minimum atomic E-state index is -0.629.